The topological polar surface area (TPSA) is 77.2 Å². The number of nitriles is 1. The number of fused-ring (bicyclic) bond motifs is 1. The number of rotatable bonds is 4. The minimum absolute atomic E-state index is 0.0411. The third-order valence-electron chi connectivity index (χ3n) is 5.80. The van der Waals surface area contributed by atoms with Crippen molar-refractivity contribution in [1.29, 1.82) is 5.26 Å². The first-order valence-corrected chi connectivity index (χ1v) is 9.91. The van der Waals surface area contributed by atoms with Crippen LogP contribution < -0.4 is 5.32 Å². The maximum Gasteiger partial charge on any atom is 0.317 e. The molecule has 0 radical (unpaired) electrons. The Bertz CT molecular complexity index is 899. The van der Waals surface area contributed by atoms with Crippen molar-refractivity contribution in [2.45, 2.75) is 32.4 Å². The lowest BCUT2D eigenvalue weighted by Crippen LogP contribution is -2.46. The van der Waals surface area contributed by atoms with E-state index in [1.807, 2.05) is 4.68 Å². The summed E-state index contributed by atoms with van der Waals surface area (Å²) in [6.07, 6.45) is 1.18. The summed E-state index contributed by atoms with van der Waals surface area (Å²) in [6.45, 7) is 7.59. The Morgan fingerprint density at radius 3 is 3.00 bits per heavy atom. The molecule has 0 aliphatic carbocycles. The number of hydrogen-bond acceptors (Lipinski definition) is 4. The first-order chi connectivity index (χ1) is 13.6. The van der Waals surface area contributed by atoms with E-state index in [1.165, 1.54) is 17.5 Å². The number of nitrogens with zero attached hydrogens (tertiary/aromatic N) is 5. The lowest BCUT2D eigenvalue weighted by molar-refractivity contribution is 0.179. The summed E-state index contributed by atoms with van der Waals surface area (Å²) in [6, 6.07) is 12.4. The molecule has 1 saturated heterocycles. The van der Waals surface area contributed by atoms with Crippen LogP contribution in [0.1, 0.15) is 34.9 Å². The fraction of sp³-hybridized carbons (Fsp3) is 0.476. The SMILES string of the molecule is Cc1ccccc1C1CCN(CCNC(=O)N2CCn3nc(C#N)cc3C2)C1. The van der Waals surface area contributed by atoms with Crippen LogP contribution in [0.5, 0.6) is 0 Å². The number of likely N-dealkylation sites (tertiary alicyclic amines) is 1. The van der Waals surface area contributed by atoms with Crippen molar-refractivity contribution in [3.05, 3.63) is 52.8 Å². The highest BCUT2D eigenvalue weighted by Gasteiger charge is 2.25. The van der Waals surface area contributed by atoms with Crippen molar-refractivity contribution in [1.82, 2.24) is 24.9 Å². The van der Waals surface area contributed by atoms with Gasteiger partial charge in [0.1, 0.15) is 6.07 Å². The van der Waals surface area contributed by atoms with E-state index in [-0.39, 0.29) is 6.03 Å². The summed E-state index contributed by atoms with van der Waals surface area (Å²) in [7, 11) is 0. The zero-order chi connectivity index (χ0) is 19.5. The molecule has 2 aliphatic heterocycles. The molecule has 1 N–H and O–H groups in total. The van der Waals surface area contributed by atoms with Crippen LogP contribution in [0.3, 0.4) is 0 Å². The molecule has 1 unspecified atom stereocenters. The fourth-order valence-corrected chi connectivity index (χ4v) is 4.26. The molecule has 4 rings (SSSR count). The number of hydrogen-bond donors (Lipinski definition) is 1. The third kappa shape index (κ3) is 3.87. The van der Waals surface area contributed by atoms with Crippen LogP contribution in [0.2, 0.25) is 0 Å². The van der Waals surface area contributed by atoms with Crippen molar-refractivity contribution in [2.75, 3.05) is 32.7 Å². The Hall–Kier alpha value is -2.85. The average Bonchev–Trinajstić information content (AvgIpc) is 3.34. The molecule has 1 fully saturated rings. The predicted octanol–water partition coefficient (Wildman–Crippen LogP) is 2.08. The van der Waals surface area contributed by atoms with E-state index < -0.39 is 0 Å². The Kier molecular flexibility index (Phi) is 5.31. The fourth-order valence-electron chi connectivity index (χ4n) is 4.26. The molecule has 146 valence electrons. The summed E-state index contributed by atoms with van der Waals surface area (Å²) < 4.78 is 1.82. The zero-order valence-electron chi connectivity index (χ0n) is 16.3. The van der Waals surface area contributed by atoms with E-state index in [2.05, 4.69) is 52.6 Å². The van der Waals surface area contributed by atoms with Crippen LogP contribution in [0.15, 0.2) is 30.3 Å². The average molecular weight is 378 g/mol. The highest BCUT2D eigenvalue weighted by molar-refractivity contribution is 5.74. The largest absolute Gasteiger partial charge is 0.337 e. The second kappa shape index (κ2) is 8.03. The molecule has 0 saturated carbocycles. The minimum atomic E-state index is -0.0411. The second-order valence-corrected chi connectivity index (χ2v) is 7.65. The second-order valence-electron chi connectivity index (χ2n) is 7.65. The van der Waals surface area contributed by atoms with E-state index >= 15 is 0 Å². The monoisotopic (exact) mass is 378 g/mol. The molecule has 1 aromatic heterocycles. The number of urea groups is 1. The van der Waals surface area contributed by atoms with Crippen molar-refractivity contribution in [2.24, 2.45) is 0 Å². The first-order valence-electron chi connectivity index (χ1n) is 9.91. The molecular formula is C21H26N6O. The van der Waals surface area contributed by atoms with Gasteiger partial charge in [0, 0.05) is 26.2 Å². The van der Waals surface area contributed by atoms with Crippen LogP contribution in [-0.4, -0.2) is 58.3 Å². The van der Waals surface area contributed by atoms with Crippen LogP contribution in [-0.2, 0) is 13.1 Å². The van der Waals surface area contributed by atoms with Crippen molar-refractivity contribution in [3.8, 4) is 6.07 Å². The maximum absolute atomic E-state index is 12.5. The molecule has 0 bridgehead atoms. The number of nitrogens with one attached hydrogen (secondary N) is 1. The highest BCUT2D eigenvalue weighted by atomic mass is 16.2. The third-order valence-corrected chi connectivity index (χ3v) is 5.80. The normalized spacial score (nSPS) is 19.3. The molecule has 7 nitrogen and oxygen atoms in total. The Morgan fingerprint density at radius 2 is 2.18 bits per heavy atom. The molecule has 1 aromatic carbocycles. The molecule has 3 heterocycles. The van der Waals surface area contributed by atoms with Crippen LogP contribution in [0.25, 0.3) is 0 Å². The van der Waals surface area contributed by atoms with E-state index in [0.29, 0.717) is 37.8 Å². The van der Waals surface area contributed by atoms with Gasteiger partial charge < -0.3 is 15.1 Å². The van der Waals surface area contributed by atoms with Crippen LogP contribution in [0.4, 0.5) is 4.79 Å². The predicted molar refractivity (Wildman–Crippen MR) is 106 cm³/mol. The molecule has 2 aromatic rings. The molecular weight excluding hydrogens is 352 g/mol. The van der Waals surface area contributed by atoms with Crippen molar-refractivity contribution in [3.63, 3.8) is 0 Å². The molecule has 28 heavy (non-hydrogen) atoms. The van der Waals surface area contributed by atoms with E-state index in [4.69, 9.17) is 5.26 Å². The van der Waals surface area contributed by atoms with Crippen LogP contribution >= 0.6 is 0 Å². The summed E-state index contributed by atoms with van der Waals surface area (Å²) in [5.41, 5.74) is 4.15. The number of carbonyl (C=O) groups is 1. The van der Waals surface area contributed by atoms with Crippen molar-refractivity contribution >= 4 is 6.03 Å². The summed E-state index contributed by atoms with van der Waals surface area (Å²) >= 11 is 0. The Morgan fingerprint density at radius 1 is 1.32 bits per heavy atom. The van der Waals surface area contributed by atoms with Gasteiger partial charge in [-0.15, -0.1) is 0 Å². The van der Waals surface area contributed by atoms with Gasteiger partial charge in [-0.3, -0.25) is 4.68 Å². The smallest absolute Gasteiger partial charge is 0.317 e. The number of aryl methyl sites for hydroxylation is 1. The van der Waals surface area contributed by atoms with Gasteiger partial charge in [-0.25, -0.2) is 4.79 Å². The van der Waals surface area contributed by atoms with Gasteiger partial charge in [-0.2, -0.15) is 10.4 Å². The molecule has 2 amide bonds. The van der Waals surface area contributed by atoms with Crippen LogP contribution in [0, 0.1) is 18.3 Å². The number of aromatic nitrogens is 2. The molecule has 7 heteroatoms. The van der Waals surface area contributed by atoms with Crippen molar-refractivity contribution < 1.29 is 4.79 Å². The highest BCUT2D eigenvalue weighted by Crippen LogP contribution is 2.28. The maximum atomic E-state index is 12.5. The zero-order valence-corrected chi connectivity index (χ0v) is 16.3. The lowest BCUT2D eigenvalue weighted by atomic mass is 9.94. The molecule has 2 aliphatic rings. The van der Waals surface area contributed by atoms with E-state index in [1.54, 1.807) is 11.0 Å². The molecule has 0 spiro atoms. The summed E-state index contributed by atoms with van der Waals surface area (Å²) in [4.78, 5) is 16.7. The van der Waals surface area contributed by atoms with Gasteiger partial charge in [0.05, 0.1) is 18.8 Å². The van der Waals surface area contributed by atoms with Gasteiger partial charge in [-0.1, -0.05) is 24.3 Å². The van der Waals surface area contributed by atoms with Gasteiger partial charge in [-0.05, 0) is 43.0 Å². The van der Waals surface area contributed by atoms with E-state index in [9.17, 15) is 4.79 Å². The van der Waals surface area contributed by atoms with Gasteiger partial charge >= 0.3 is 6.03 Å². The minimum Gasteiger partial charge on any atom is -0.337 e. The number of carbonyl (C=O) groups excluding carboxylic acids is 1. The summed E-state index contributed by atoms with van der Waals surface area (Å²) in [5.74, 6) is 0.591. The van der Waals surface area contributed by atoms with Gasteiger partial charge in [0.25, 0.3) is 0 Å². The standard InChI is InChI=1S/C21H26N6O/c1-16-4-2-3-5-20(16)17-6-8-25(14-17)9-7-23-21(28)26-10-11-27-19(15-26)12-18(13-22)24-27/h2-5,12,17H,6-11,14-15H2,1H3,(H,23,28). The first kappa shape index (κ1) is 18.5. The summed E-state index contributed by atoms with van der Waals surface area (Å²) in [5, 5.41) is 16.2. The Labute approximate surface area is 165 Å². The molecule has 1 atom stereocenters. The van der Waals surface area contributed by atoms with Gasteiger partial charge in [0.15, 0.2) is 5.69 Å². The Balaban J connectivity index is 1.23. The lowest BCUT2D eigenvalue weighted by Gasteiger charge is -2.28. The number of amides is 2. The quantitative estimate of drug-likeness (QED) is 0.884. The van der Waals surface area contributed by atoms with E-state index in [0.717, 1.165) is 25.3 Å². The van der Waals surface area contributed by atoms with Gasteiger partial charge in [0.2, 0.25) is 0 Å². The number of benzene rings is 1.